The van der Waals surface area contributed by atoms with E-state index in [-0.39, 0.29) is 0 Å². The summed E-state index contributed by atoms with van der Waals surface area (Å²) in [7, 11) is 0. The third-order valence-corrected chi connectivity index (χ3v) is 7.27. The molecule has 1 N–H and O–H groups in total. The molecule has 0 bridgehead atoms. The van der Waals surface area contributed by atoms with Crippen molar-refractivity contribution in [2.75, 3.05) is 12.4 Å². The van der Waals surface area contributed by atoms with Crippen molar-refractivity contribution in [2.24, 2.45) is 0 Å². The summed E-state index contributed by atoms with van der Waals surface area (Å²) in [6.45, 7) is 6.20. The monoisotopic (exact) mass is 489 g/mol. The molecule has 182 valence electrons. The van der Waals surface area contributed by atoms with Crippen molar-refractivity contribution in [3.63, 3.8) is 0 Å². The van der Waals surface area contributed by atoms with Crippen molar-refractivity contribution in [3.05, 3.63) is 77.9 Å². The molecule has 0 spiro atoms. The number of carboxylic acids is 1. The van der Waals surface area contributed by atoms with Gasteiger partial charge in [0.2, 0.25) is 0 Å². The van der Waals surface area contributed by atoms with Gasteiger partial charge < -0.3 is 14.4 Å². The summed E-state index contributed by atoms with van der Waals surface area (Å²) in [6.07, 6.45) is 2.74. The van der Waals surface area contributed by atoms with Crippen LogP contribution in [-0.4, -0.2) is 28.6 Å². The van der Waals surface area contributed by atoms with Crippen LogP contribution >= 0.6 is 11.8 Å². The summed E-state index contributed by atoms with van der Waals surface area (Å²) in [5.41, 5.74) is 3.70. The van der Waals surface area contributed by atoms with Gasteiger partial charge in [-0.15, -0.1) is 11.8 Å². The van der Waals surface area contributed by atoms with E-state index in [1.54, 1.807) is 25.6 Å². The number of rotatable bonds is 11. The number of carbonyl (C=O) groups is 1. The fourth-order valence-corrected chi connectivity index (χ4v) is 4.82. The number of carboxylic acid groups (broad SMARTS) is 1. The van der Waals surface area contributed by atoms with Gasteiger partial charge in [-0.05, 0) is 56.5 Å². The number of nitrogens with zero attached hydrogens (tertiary/aromatic N) is 1. The summed E-state index contributed by atoms with van der Waals surface area (Å²) in [4.78, 5) is 12.6. The van der Waals surface area contributed by atoms with Gasteiger partial charge in [-0.25, -0.2) is 0 Å². The minimum atomic E-state index is -0.889. The highest BCUT2D eigenvalue weighted by Gasteiger charge is 2.29. The number of aromatic nitrogens is 1. The summed E-state index contributed by atoms with van der Waals surface area (Å²) in [5.74, 6) is 0.950. The molecule has 1 aromatic heterocycles. The molecule has 5 nitrogen and oxygen atoms in total. The second-order valence-corrected chi connectivity index (χ2v) is 10.2. The minimum absolute atomic E-state index is 0.610. The molecule has 35 heavy (non-hydrogen) atoms. The number of aryl methyl sites for hydroxylation is 1. The Balaban J connectivity index is 1.37. The van der Waals surface area contributed by atoms with Crippen LogP contribution in [0.4, 0.5) is 0 Å². The molecule has 0 atom stereocenters. The zero-order valence-corrected chi connectivity index (χ0v) is 21.2. The standard InChI is InChI=1S/C29H31NO4S/c1-4-9-23-25(17-16-24-26(30-34-27(23)24)20-10-6-5-7-11-20)33-18-8-19-35-22-14-12-21(13-15-22)29(2,3)28(31)32/h5-7,10-17H,4,8-9,18-19H2,1-3H3,(H,31,32). The number of ether oxygens (including phenoxy) is 1. The van der Waals surface area contributed by atoms with Gasteiger partial charge in [-0.1, -0.05) is 61.0 Å². The van der Waals surface area contributed by atoms with Gasteiger partial charge in [0, 0.05) is 21.8 Å². The number of fused-ring (bicyclic) bond motifs is 1. The molecule has 0 saturated heterocycles. The van der Waals surface area contributed by atoms with Crippen LogP contribution in [0.5, 0.6) is 5.75 Å². The van der Waals surface area contributed by atoms with Crippen molar-refractivity contribution in [1.29, 1.82) is 0 Å². The first kappa shape index (κ1) is 24.9. The Morgan fingerprint density at radius 2 is 1.80 bits per heavy atom. The lowest BCUT2D eigenvalue weighted by atomic mass is 9.85. The lowest BCUT2D eigenvalue weighted by molar-refractivity contribution is -0.142. The van der Waals surface area contributed by atoms with Crippen molar-refractivity contribution in [3.8, 4) is 17.0 Å². The molecule has 0 unspecified atom stereocenters. The lowest BCUT2D eigenvalue weighted by Gasteiger charge is -2.19. The van der Waals surface area contributed by atoms with Gasteiger partial charge in [-0.3, -0.25) is 4.79 Å². The van der Waals surface area contributed by atoms with E-state index < -0.39 is 11.4 Å². The Bertz CT molecular complexity index is 1280. The summed E-state index contributed by atoms with van der Waals surface area (Å²) < 4.78 is 12.0. The SMILES string of the molecule is CCCc1c(OCCCSc2ccc(C(C)(C)C(=O)O)cc2)ccc2c(-c3ccccc3)noc12. The Morgan fingerprint density at radius 3 is 2.49 bits per heavy atom. The summed E-state index contributed by atoms with van der Waals surface area (Å²) in [5, 5.41) is 14.8. The van der Waals surface area contributed by atoms with Crippen LogP contribution in [0, 0.1) is 0 Å². The summed E-state index contributed by atoms with van der Waals surface area (Å²) >= 11 is 1.75. The number of aliphatic carboxylic acids is 1. The molecular weight excluding hydrogens is 458 g/mol. The van der Waals surface area contributed by atoms with Gasteiger partial charge in [0.05, 0.1) is 17.4 Å². The second-order valence-electron chi connectivity index (χ2n) is 9.07. The molecule has 0 aliphatic rings. The molecule has 0 aliphatic carbocycles. The largest absolute Gasteiger partial charge is 0.493 e. The highest BCUT2D eigenvalue weighted by Crippen LogP contribution is 2.35. The smallest absolute Gasteiger partial charge is 0.313 e. The quantitative estimate of drug-likeness (QED) is 0.175. The van der Waals surface area contributed by atoms with Crippen molar-refractivity contribution >= 4 is 28.7 Å². The van der Waals surface area contributed by atoms with Crippen LogP contribution in [0.1, 0.15) is 44.7 Å². The molecule has 0 aliphatic heterocycles. The normalized spacial score (nSPS) is 11.6. The van der Waals surface area contributed by atoms with Crippen LogP contribution in [-0.2, 0) is 16.6 Å². The highest BCUT2D eigenvalue weighted by atomic mass is 32.2. The van der Waals surface area contributed by atoms with Gasteiger partial charge in [0.1, 0.15) is 11.4 Å². The number of hydrogen-bond donors (Lipinski definition) is 1. The minimum Gasteiger partial charge on any atom is -0.493 e. The lowest BCUT2D eigenvalue weighted by Crippen LogP contribution is -2.28. The summed E-state index contributed by atoms with van der Waals surface area (Å²) in [6, 6.07) is 21.9. The maximum atomic E-state index is 11.4. The number of thioether (sulfide) groups is 1. The predicted molar refractivity (Wildman–Crippen MR) is 141 cm³/mol. The van der Waals surface area contributed by atoms with Gasteiger partial charge in [0.25, 0.3) is 0 Å². The fraction of sp³-hybridized carbons (Fsp3) is 0.310. The van der Waals surface area contributed by atoms with Crippen LogP contribution < -0.4 is 4.74 Å². The third-order valence-electron chi connectivity index (χ3n) is 6.17. The molecule has 1 heterocycles. The average Bonchev–Trinajstić information content (AvgIpc) is 3.30. The molecule has 6 heteroatoms. The van der Waals surface area contributed by atoms with Gasteiger partial charge >= 0.3 is 5.97 Å². The first-order chi connectivity index (χ1) is 16.9. The maximum absolute atomic E-state index is 11.4. The first-order valence-electron chi connectivity index (χ1n) is 12.0. The van der Waals surface area contributed by atoms with E-state index in [0.29, 0.717) is 6.61 Å². The van der Waals surface area contributed by atoms with Gasteiger partial charge in [0.15, 0.2) is 5.58 Å². The fourth-order valence-electron chi connectivity index (χ4n) is 3.99. The van der Waals surface area contributed by atoms with Crippen molar-refractivity contribution < 1.29 is 19.2 Å². The van der Waals surface area contributed by atoms with Crippen molar-refractivity contribution in [2.45, 2.75) is 50.3 Å². The maximum Gasteiger partial charge on any atom is 0.313 e. The Labute approximate surface area is 210 Å². The molecular formula is C29H31NO4S. The van der Waals surface area contributed by atoms with Crippen LogP contribution in [0.3, 0.4) is 0 Å². The predicted octanol–water partition coefficient (Wildman–Crippen LogP) is 7.37. The molecule has 0 saturated carbocycles. The van der Waals surface area contributed by atoms with E-state index in [1.165, 1.54) is 0 Å². The molecule has 3 aromatic carbocycles. The highest BCUT2D eigenvalue weighted by molar-refractivity contribution is 7.99. The Kier molecular flexibility index (Phi) is 7.81. The molecule has 0 fully saturated rings. The molecule has 0 radical (unpaired) electrons. The molecule has 4 rings (SSSR count). The zero-order valence-electron chi connectivity index (χ0n) is 20.4. The Hall–Kier alpha value is -3.25. The van der Waals surface area contributed by atoms with E-state index in [0.717, 1.165) is 69.0 Å². The topological polar surface area (TPSA) is 72.6 Å². The van der Waals surface area contributed by atoms with E-state index in [2.05, 4.69) is 12.1 Å². The van der Waals surface area contributed by atoms with E-state index in [9.17, 15) is 9.90 Å². The number of benzene rings is 3. The van der Waals surface area contributed by atoms with E-state index >= 15 is 0 Å². The second kappa shape index (κ2) is 11.0. The average molecular weight is 490 g/mol. The Morgan fingerprint density at radius 1 is 1.06 bits per heavy atom. The third kappa shape index (κ3) is 5.54. The zero-order chi connectivity index (χ0) is 24.8. The van der Waals surface area contributed by atoms with Crippen molar-refractivity contribution in [1.82, 2.24) is 5.16 Å². The van der Waals surface area contributed by atoms with E-state index in [1.807, 2.05) is 66.7 Å². The molecule has 0 amide bonds. The van der Waals surface area contributed by atoms with Crippen LogP contribution in [0.2, 0.25) is 0 Å². The molecule has 4 aromatic rings. The van der Waals surface area contributed by atoms with Crippen LogP contribution in [0.25, 0.3) is 22.2 Å². The van der Waals surface area contributed by atoms with Crippen LogP contribution in [0.15, 0.2) is 76.1 Å². The van der Waals surface area contributed by atoms with Gasteiger partial charge in [-0.2, -0.15) is 0 Å². The first-order valence-corrected chi connectivity index (χ1v) is 13.0. The number of hydrogen-bond acceptors (Lipinski definition) is 5. The van der Waals surface area contributed by atoms with E-state index in [4.69, 9.17) is 9.26 Å².